The van der Waals surface area contributed by atoms with Crippen molar-refractivity contribution in [3.05, 3.63) is 21.5 Å². The molecule has 0 amide bonds. The van der Waals surface area contributed by atoms with Crippen LogP contribution in [0.4, 0.5) is 0 Å². The summed E-state index contributed by atoms with van der Waals surface area (Å²) in [5, 5.41) is 8.63. The number of aromatic nitrogens is 1. The molecule has 0 spiro atoms. The molecule has 2 rings (SSSR count). The summed E-state index contributed by atoms with van der Waals surface area (Å²) in [6.07, 6.45) is 4.28. The second kappa shape index (κ2) is 3.50. The van der Waals surface area contributed by atoms with Crippen molar-refractivity contribution in [3.63, 3.8) is 0 Å². The zero-order chi connectivity index (χ0) is 9.26. The molecule has 3 nitrogen and oxygen atoms in total. The molecule has 0 aliphatic heterocycles. The lowest BCUT2D eigenvalue weighted by atomic mass is 10.3. The van der Waals surface area contributed by atoms with E-state index >= 15 is 0 Å². The standard InChI is InChI=1S/C9H7IN2O/c10-8-5-12-6(4-11)3-9(8)13-7-1-2-7/h3,5,7H,1-2H2. The van der Waals surface area contributed by atoms with Crippen LogP contribution in [0.2, 0.25) is 0 Å². The molecule has 1 aromatic rings. The number of ether oxygens (including phenoxy) is 1. The summed E-state index contributed by atoms with van der Waals surface area (Å²) >= 11 is 2.16. The Balaban J connectivity index is 2.25. The SMILES string of the molecule is N#Cc1cc(OC2CC2)c(I)cn1. The first kappa shape index (κ1) is 8.75. The van der Waals surface area contributed by atoms with Gasteiger partial charge in [0, 0.05) is 12.3 Å². The van der Waals surface area contributed by atoms with E-state index in [0.717, 1.165) is 22.2 Å². The Kier molecular flexibility index (Phi) is 2.36. The van der Waals surface area contributed by atoms with Crippen LogP contribution in [0.3, 0.4) is 0 Å². The molecule has 1 fully saturated rings. The molecule has 1 heterocycles. The summed E-state index contributed by atoms with van der Waals surface area (Å²) in [5.41, 5.74) is 0.413. The molecular weight excluding hydrogens is 279 g/mol. The quantitative estimate of drug-likeness (QED) is 0.782. The van der Waals surface area contributed by atoms with Gasteiger partial charge in [0.15, 0.2) is 0 Å². The fourth-order valence-electron chi connectivity index (χ4n) is 0.937. The zero-order valence-electron chi connectivity index (χ0n) is 6.83. The molecule has 1 aromatic heterocycles. The fraction of sp³-hybridized carbons (Fsp3) is 0.333. The van der Waals surface area contributed by atoms with Crippen LogP contribution in [0.15, 0.2) is 12.3 Å². The smallest absolute Gasteiger partial charge is 0.144 e. The number of hydrogen-bond donors (Lipinski definition) is 0. The molecule has 0 saturated heterocycles. The molecule has 4 heteroatoms. The molecule has 1 aliphatic rings. The number of pyridine rings is 1. The maximum atomic E-state index is 8.63. The lowest BCUT2D eigenvalue weighted by molar-refractivity contribution is 0.300. The van der Waals surface area contributed by atoms with Gasteiger partial charge < -0.3 is 4.74 Å². The third-order valence-electron chi connectivity index (χ3n) is 1.75. The van der Waals surface area contributed by atoms with E-state index in [4.69, 9.17) is 10.00 Å². The van der Waals surface area contributed by atoms with Crippen LogP contribution in [0.5, 0.6) is 5.75 Å². The topological polar surface area (TPSA) is 45.9 Å². The van der Waals surface area contributed by atoms with Crippen molar-refractivity contribution in [1.29, 1.82) is 5.26 Å². The molecule has 0 unspecified atom stereocenters. The number of rotatable bonds is 2. The average molecular weight is 286 g/mol. The highest BCUT2D eigenvalue weighted by Gasteiger charge is 2.24. The minimum atomic E-state index is 0.363. The van der Waals surface area contributed by atoms with Crippen molar-refractivity contribution in [1.82, 2.24) is 4.98 Å². The van der Waals surface area contributed by atoms with Gasteiger partial charge in [0.05, 0.1) is 9.67 Å². The maximum Gasteiger partial charge on any atom is 0.144 e. The Morgan fingerprint density at radius 2 is 2.38 bits per heavy atom. The molecule has 1 saturated carbocycles. The minimum Gasteiger partial charge on any atom is -0.489 e. The third-order valence-corrected chi connectivity index (χ3v) is 2.56. The molecule has 66 valence electrons. The number of nitriles is 1. The Bertz CT molecular complexity index is 368. The second-order valence-corrected chi connectivity index (χ2v) is 4.09. The monoisotopic (exact) mass is 286 g/mol. The van der Waals surface area contributed by atoms with Crippen LogP contribution in [0, 0.1) is 14.9 Å². The second-order valence-electron chi connectivity index (χ2n) is 2.93. The maximum absolute atomic E-state index is 8.63. The molecular formula is C9H7IN2O. The first-order valence-electron chi connectivity index (χ1n) is 4.02. The summed E-state index contributed by atoms with van der Waals surface area (Å²) in [6.45, 7) is 0. The Morgan fingerprint density at radius 1 is 1.62 bits per heavy atom. The van der Waals surface area contributed by atoms with Gasteiger partial charge in [-0.25, -0.2) is 4.98 Å². The lowest BCUT2D eigenvalue weighted by Crippen LogP contribution is -1.99. The Labute approximate surface area is 89.9 Å². The first-order chi connectivity index (χ1) is 6.29. The highest BCUT2D eigenvalue weighted by molar-refractivity contribution is 14.1. The summed E-state index contributed by atoms with van der Waals surface area (Å²) in [6, 6.07) is 3.69. The van der Waals surface area contributed by atoms with Crippen molar-refractivity contribution in [3.8, 4) is 11.8 Å². The van der Waals surface area contributed by atoms with E-state index < -0.39 is 0 Å². The van der Waals surface area contributed by atoms with E-state index in [0.29, 0.717) is 11.8 Å². The van der Waals surface area contributed by atoms with Crippen molar-refractivity contribution < 1.29 is 4.74 Å². The zero-order valence-corrected chi connectivity index (χ0v) is 8.98. The number of halogens is 1. The van der Waals surface area contributed by atoms with Crippen molar-refractivity contribution in [2.75, 3.05) is 0 Å². The molecule has 0 radical (unpaired) electrons. The van der Waals surface area contributed by atoms with Gasteiger partial charge in [-0.05, 0) is 35.4 Å². The normalized spacial score (nSPS) is 15.1. The van der Waals surface area contributed by atoms with E-state index in [1.807, 2.05) is 6.07 Å². The lowest BCUT2D eigenvalue weighted by Gasteiger charge is -2.05. The minimum absolute atomic E-state index is 0.363. The van der Waals surface area contributed by atoms with Gasteiger partial charge in [0.2, 0.25) is 0 Å². The third kappa shape index (κ3) is 2.10. The van der Waals surface area contributed by atoms with E-state index in [9.17, 15) is 0 Å². The highest BCUT2D eigenvalue weighted by Crippen LogP contribution is 2.29. The number of hydrogen-bond acceptors (Lipinski definition) is 3. The average Bonchev–Trinajstić information content (AvgIpc) is 2.93. The van der Waals surface area contributed by atoms with Gasteiger partial charge in [-0.15, -0.1) is 0 Å². The highest BCUT2D eigenvalue weighted by atomic mass is 127. The Hall–Kier alpha value is -0.830. The van der Waals surface area contributed by atoms with Crippen molar-refractivity contribution in [2.45, 2.75) is 18.9 Å². The van der Waals surface area contributed by atoms with Crippen LogP contribution in [0.1, 0.15) is 18.5 Å². The van der Waals surface area contributed by atoms with E-state index in [1.54, 1.807) is 12.3 Å². The molecule has 0 bridgehead atoms. The van der Waals surface area contributed by atoms with E-state index in [-0.39, 0.29) is 0 Å². The molecule has 13 heavy (non-hydrogen) atoms. The number of nitrogens with zero attached hydrogens (tertiary/aromatic N) is 2. The van der Waals surface area contributed by atoms with Crippen molar-refractivity contribution in [2.24, 2.45) is 0 Å². The summed E-state index contributed by atoms with van der Waals surface area (Å²) in [7, 11) is 0. The van der Waals surface area contributed by atoms with Gasteiger partial charge >= 0.3 is 0 Å². The molecule has 0 atom stereocenters. The predicted octanol–water partition coefficient (Wildman–Crippen LogP) is 2.10. The molecule has 0 N–H and O–H groups in total. The van der Waals surface area contributed by atoms with Gasteiger partial charge in [0.1, 0.15) is 17.5 Å². The van der Waals surface area contributed by atoms with Gasteiger partial charge in [0.25, 0.3) is 0 Å². The van der Waals surface area contributed by atoms with E-state index in [1.165, 1.54) is 0 Å². The van der Waals surface area contributed by atoms with Crippen molar-refractivity contribution >= 4 is 22.6 Å². The molecule has 0 aromatic carbocycles. The largest absolute Gasteiger partial charge is 0.489 e. The van der Waals surface area contributed by atoms with Gasteiger partial charge in [-0.3, -0.25) is 0 Å². The Morgan fingerprint density at radius 3 is 3.00 bits per heavy atom. The summed E-state index contributed by atoms with van der Waals surface area (Å²) in [5.74, 6) is 0.787. The predicted molar refractivity (Wildman–Crippen MR) is 55.3 cm³/mol. The van der Waals surface area contributed by atoms with Crippen LogP contribution in [-0.2, 0) is 0 Å². The summed E-state index contributed by atoms with van der Waals surface area (Å²) < 4.78 is 6.56. The van der Waals surface area contributed by atoms with E-state index in [2.05, 4.69) is 27.6 Å². The fourth-order valence-corrected chi connectivity index (χ4v) is 1.36. The van der Waals surface area contributed by atoms with Crippen LogP contribution in [-0.4, -0.2) is 11.1 Å². The molecule has 1 aliphatic carbocycles. The van der Waals surface area contributed by atoms with Crippen LogP contribution < -0.4 is 4.74 Å². The van der Waals surface area contributed by atoms with Gasteiger partial charge in [-0.1, -0.05) is 0 Å². The van der Waals surface area contributed by atoms with Crippen LogP contribution in [0.25, 0.3) is 0 Å². The summed E-state index contributed by atoms with van der Waals surface area (Å²) in [4.78, 5) is 3.94. The van der Waals surface area contributed by atoms with Crippen LogP contribution >= 0.6 is 22.6 Å². The first-order valence-corrected chi connectivity index (χ1v) is 5.10. The van der Waals surface area contributed by atoms with Gasteiger partial charge in [-0.2, -0.15) is 5.26 Å².